The van der Waals surface area contributed by atoms with Gasteiger partial charge in [-0.3, -0.25) is 4.79 Å². The van der Waals surface area contributed by atoms with Crippen LogP contribution in [-0.2, 0) is 18.6 Å². The fourth-order valence-electron chi connectivity index (χ4n) is 7.86. The third kappa shape index (κ3) is 7.30. The van der Waals surface area contributed by atoms with Crippen LogP contribution in [0.5, 0.6) is 17.2 Å². The highest BCUT2D eigenvalue weighted by Gasteiger charge is 2.42. The first-order chi connectivity index (χ1) is 25.3. The summed E-state index contributed by atoms with van der Waals surface area (Å²) < 4.78 is 22.5. The lowest BCUT2D eigenvalue weighted by molar-refractivity contribution is 0.0779. The van der Waals surface area contributed by atoms with E-state index >= 15 is 0 Å². The molecule has 11 nitrogen and oxygen atoms in total. The van der Waals surface area contributed by atoms with Crippen molar-refractivity contribution in [1.82, 2.24) is 19.8 Å². The van der Waals surface area contributed by atoms with E-state index in [1.807, 2.05) is 53.4 Å². The summed E-state index contributed by atoms with van der Waals surface area (Å²) >= 11 is 6.34. The lowest BCUT2D eigenvalue weighted by Crippen LogP contribution is -2.46. The number of H-pyrrole nitrogens is 1. The summed E-state index contributed by atoms with van der Waals surface area (Å²) in [5.41, 5.74) is 3.40. The number of furan rings is 1. The molecular weight excluding hydrogens is 682 g/mol. The van der Waals surface area contributed by atoms with Crippen LogP contribution in [0.15, 0.2) is 77.2 Å². The summed E-state index contributed by atoms with van der Waals surface area (Å²) in [5.74, 6) is 3.47. The third-order valence-corrected chi connectivity index (χ3v) is 11.0. The van der Waals surface area contributed by atoms with Gasteiger partial charge < -0.3 is 43.4 Å². The minimum absolute atomic E-state index is 0.0655. The third-order valence-electron chi connectivity index (χ3n) is 10.8. The summed E-state index contributed by atoms with van der Waals surface area (Å²) in [5, 5.41) is 10.3. The van der Waals surface area contributed by atoms with Gasteiger partial charge in [-0.15, -0.1) is 0 Å². The molecule has 0 radical (unpaired) electrons. The number of anilines is 1. The Kier molecular flexibility index (Phi) is 10.6. The van der Waals surface area contributed by atoms with Crippen molar-refractivity contribution in [2.75, 3.05) is 59.0 Å². The molecule has 2 aromatic heterocycles. The highest BCUT2D eigenvalue weighted by atomic mass is 35.5. The maximum absolute atomic E-state index is 14.0. The van der Waals surface area contributed by atoms with Crippen molar-refractivity contribution in [3.8, 4) is 17.2 Å². The minimum atomic E-state index is -0.220. The first-order valence-corrected chi connectivity index (χ1v) is 18.2. The molecule has 5 aromatic rings. The van der Waals surface area contributed by atoms with Crippen LogP contribution in [-0.4, -0.2) is 90.9 Å². The number of imidazole rings is 1. The van der Waals surface area contributed by atoms with Crippen LogP contribution in [0, 0.1) is 0 Å². The molecule has 2 saturated heterocycles. The van der Waals surface area contributed by atoms with E-state index in [0.29, 0.717) is 53.2 Å². The molecule has 0 bridgehead atoms. The van der Waals surface area contributed by atoms with E-state index in [0.717, 1.165) is 68.1 Å². The molecule has 1 amide bonds. The molecule has 0 spiro atoms. The predicted octanol–water partition coefficient (Wildman–Crippen LogP) is 6.67. The molecule has 7 rings (SSSR count). The van der Waals surface area contributed by atoms with Gasteiger partial charge in [-0.2, -0.15) is 0 Å². The smallest absolute Gasteiger partial charge is 0.254 e. The number of aromatic amines is 1. The van der Waals surface area contributed by atoms with Gasteiger partial charge in [0, 0.05) is 48.2 Å². The van der Waals surface area contributed by atoms with Gasteiger partial charge in [-0.05, 0) is 86.3 Å². The number of para-hydroxylation sites is 2. The number of halogens is 1. The van der Waals surface area contributed by atoms with E-state index < -0.39 is 0 Å². The van der Waals surface area contributed by atoms with Gasteiger partial charge in [0.05, 0.1) is 38.9 Å². The lowest BCUT2D eigenvalue weighted by atomic mass is 9.76. The number of nitrogens with one attached hydrogen (secondary N) is 1. The molecule has 3 aromatic carbocycles. The number of ether oxygens (including phenoxy) is 3. The van der Waals surface area contributed by atoms with E-state index in [4.69, 9.17) is 35.2 Å². The molecule has 274 valence electrons. The van der Waals surface area contributed by atoms with Crippen molar-refractivity contribution < 1.29 is 28.5 Å². The number of benzene rings is 3. The quantitative estimate of drug-likeness (QED) is 0.137. The average Bonchev–Trinajstić information content (AvgIpc) is 3.95. The monoisotopic (exact) mass is 727 g/mol. The van der Waals surface area contributed by atoms with E-state index in [9.17, 15) is 9.90 Å². The Morgan fingerprint density at radius 2 is 1.69 bits per heavy atom. The van der Waals surface area contributed by atoms with Crippen molar-refractivity contribution >= 4 is 34.5 Å². The van der Waals surface area contributed by atoms with Crippen molar-refractivity contribution in [3.05, 3.63) is 100 Å². The van der Waals surface area contributed by atoms with Crippen LogP contribution in [0.1, 0.15) is 53.1 Å². The number of rotatable bonds is 13. The second-order valence-electron chi connectivity index (χ2n) is 13.7. The first kappa shape index (κ1) is 35.7. The van der Waals surface area contributed by atoms with Crippen LogP contribution in [0.25, 0.3) is 11.0 Å². The number of fused-ring (bicyclic) bond motifs is 1. The Hall–Kier alpha value is -4.71. The van der Waals surface area contributed by atoms with Crippen LogP contribution in [0.4, 0.5) is 5.95 Å². The van der Waals surface area contributed by atoms with Crippen LogP contribution in [0.2, 0.25) is 5.02 Å². The number of piperidine rings is 1. The summed E-state index contributed by atoms with van der Waals surface area (Å²) in [4.78, 5) is 29.3. The van der Waals surface area contributed by atoms with Gasteiger partial charge in [-0.1, -0.05) is 35.9 Å². The number of aromatic nitrogens is 2. The summed E-state index contributed by atoms with van der Waals surface area (Å²) in [6, 6.07) is 23.7. The van der Waals surface area contributed by atoms with Gasteiger partial charge in [0.25, 0.3) is 5.91 Å². The normalized spacial score (nSPS) is 18.2. The molecule has 12 heteroatoms. The maximum Gasteiger partial charge on any atom is 0.254 e. The molecule has 0 saturated carbocycles. The molecule has 1 atom stereocenters. The Morgan fingerprint density at radius 3 is 2.35 bits per heavy atom. The largest absolute Gasteiger partial charge is 0.493 e. The number of carbonyl (C=O) groups excluding carboxylic acids is 1. The zero-order chi connectivity index (χ0) is 36.2. The fraction of sp³-hybridized carbons (Fsp3) is 0.400. The Labute approximate surface area is 309 Å². The summed E-state index contributed by atoms with van der Waals surface area (Å²) in [7, 11) is 4.66. The van der Waals surface area contributed by atoms with Crippen molar-refractivity contribution in [2.45, 2.75) is 50.3 Å². The number of likely N-dealkylation sites (tertiary alicyclic amines) is 2. The number of hydrogen-bond donors (Lipinski definition) is 2. The minimum Gasteiger partial charge on any atom is -0.493 e. The molecule has 52 heavy (non-hydrogen) atoms. The average molecular weight is 728 g/mol. The number of hydrogen-bond acceptors (Lipinski definition) is 9. The molecule has 2 fully saturated rings. The van der Waals surface area contributed by atoms with Crippen LogP contribution in [0.3, 0.4) is 0 Å². The predicted molar refractivity (Wildman–Crippen MR) is 201 cm³/mol. The lowest BCUT2D eigenvalue weighted by Gasteiger charge is -2.39. The van der Waals surface area contributed by atoms with Gasteiger partial charge in [-0.25, -0.2) is 4.98 Å². The number of nitrogens with zero attached hydrogens (tertiary/aromatic N) is 4. The van der Waals surface area contributed by atoms with Crippen molar-refractivity contribution in [3.63, 3.8) is 0 Å². The van der Waals surface area contributed by atoms with Gasteiger partial charge in [0.1, 0.15) is 18.1 Å². The second-order valence-corrected chi connectivity index (χ2v) is 14.2. The highest BCUT2D eigenvalue weighted by Crippen LogP contribution is 2.42. The number of carbonyl (C=O) groups is 1. The first-order valence-electron chi connectivity index (χ1n) is 17.8. The van der Waals surface area contributed by atoms with Crippen molar-refractivity contribution in [1.29, 1.82) is 0 Å². The van der Waals surface area contributed by atoms with Gasteiger partial charge in [0.2, 0.25) is 11.7 Å². The van der Waals surface area contributed by atoms with E-state index in [1.54, 1.807) is 33.5 Å². The molecule has 2 N–H and O–H groups in total. The Bertz CT molecular complexity index is 1930. The second kappa shape index (κ2) is 15.5. The molecule has 0 aliphatic carbocycles. The van der Waals surface area contributed by atoms with E-state index in [2.05, 4.69) is 26.9 Å². The number of amides is 1. The van der Waals surface area contributed by atoms with E-state index in [-0.39, 0.29) is 24.0 Å². The van der Waals surface area contributed by atoms with Crippen LogP contribution >= 0.6 is 11.6 Å². The number of aliphatic hydroxyl groups is 1. The number of methoxy groups -OCH3 is 3. The number of aliphatic hydroxyl groups excluding tert-OH is 1. The molecular formula is C40H46ClN5O6. The highest BCUT2D eigenvalue weighted by molar-refractivity contribution is 6.30. The van der Waals surface area contributed by atoms with Crippen LogP contribution < -0.4 is 19.1 Å². The molecule has 2 aliphatic rings. The molecule has 2 aliphatic heterocycles. The zero-order valence-corrected chi connectivity index (χ0v) is 30.7. The molecule has 4 heterocycles. The molecule has 1 unspecified atom stereocenters. The Balaban J connectivity index is 1.06. The van der Waals surface area contributed by atoms with E-state index in [1.165, 1.54) is 5.56 Å². The summed E-state index contributed by atoms with van der Waals surface area (Å²) in [6.07, 6.45) is 3.68. The topological polar surface area (TPSA) is 117 Å². The van der Waals surface area contributed by atoms with Crippen molar-refractivity contribution in [2.24, 2.45) is 0 Å². The SMILES string of the molecule is COc1cc(C(=O)N2CCC(CCN3CCC(N(Cc4ccc(CO)o4)c4nc5ccccc5[nH]4)CC3)(c3ccc(Cl)cc3)C2)cc(OC)c1OC. The van der Waals surface area contributed by atoms with Gasteiger partial charge >= 0.3 is 0 Å². The Morgan fingerprint density at radius 1 is 0.981 bits per heavy atom. The van der Waals surface area contributed by atoms with Gasteiger partial charge in [0.15, 0.2) is 11.5 Å². The maximum atomic E-state index is 14.0. The summed E-state index contributed by atoms with van der Waals surface area (Å²) in [6.45, 7) is 4.44. The zero-order valence-electron chi connectivity index (χ0n) is 29.9. The standard InChI is InChI=1S/C40H46ClN5O6/c1-49-35-22-27(23-36(50-2)37(35)51-3)38(48)45-21-17-40(26-45,28-8-10-29(41)11-9-28)16-20-44-18-14-30(15-19-44)46(24-31-12-13-32(25-47)52-31)39-42-33-6-4-5-7-34(33)43-39/h4-13,22-23,30,47H,14-21,24-26H2,1-3H3,(H,42,43). The fourth-order valence-corrected chi connectivity index (χ4v) is 7.99.